The number of para-hydroxylation sites is 1. The van der Waals surface area contributed by atoms with Gasteiger partial charge in [-0.2, -0.15) is 0 Å². The Hall–Kier alpha value is -1.06. The Labute approximate surface area is 110 Å². The maximum Gasteiger partial charge on any atom is 0.120 e. The Morgan fingerprint density at radius 2 is 2.06 bits per heavy atom. The van der Waals surface area contributed by atoms with Gasteiger partial charge in [0.1, 0.15) is 5.75 Å². The lowest BCUT2D eigenvalue weighted by Gasteiger charge is -2.33. The summed E-state index contributed by atoms with van der Waals surface area (Å²) < 4.78 is 0. The first-order valence-corrected chi connectivity index (χ1v) is 6.90. The second kappa shape index (κ2) is 6.21. The molecule has 3 nitrogen and oxygen atoms in total. The second-order valence-electron chi connectivity index (χ2n) is 5.23. The highest BCUT2D eigenvalue weighted by Crippen LogP contribution is 2.30. The van der Waals surface area contributed by atoms with Crippen molar-refractivity contribution in [3.63, 3.8) is 0 Å². The molecule has 1 heterocycles. The molecule has 18 heavy (non-hydrogen) atoms. The van der Waals surface area contributed by atoms with E-state index < -0.39 is 0 Å². The molecular formula is C15H24N2O. The van der Waals surface area contributed by atoms with Crippen LogP contribution in [0, 0.1) is 0 Å². The minimum atomic E-state index is 0.259. The van der Waals surface area contributed by atoms with E-state index in [1.165, 1.54) is 19.3 Å². The smallest absolute Gasteiger partial charge is 0.120 e. The zero-order valence-electron chi connectivity index (χ0n) is 11.4. The van der Waals surface area contributed by atoms with E-state index in [1.54, 1.807) is 6.07 Å². The van der Waals surface area contributed by atoms with Crippen LogP contribution in [0.15, 0.2) is 24.3 Å². The van der Waals surface area contributed by atoms with Crippen LogP contribution in [-0.4, -0.2) is 36.2 Å². The normalized spacial score (nSPS) is 22.7. The van der Waals surface area contributed by atoms with Crippen LogP contribution in [0.5, 0.6) is 5.75 Å². The Balaban J connectivity index is 2.07. The standard InChI is InChI=1S/C15H24N2O/c1-12(14-7-3-4-8-15(14)18)17(2)13-6-5-10-16-11-9-13/h3-4,7-8,12-13,16,18H,5-6,9-11H2,1-2H3. The van der Waals surface area contributed by atoms with Crippen molar-refractivity contribution < 1.29 is 5.11 Å². The quantitative estimate of drug-likeness (QED) is 0.863. The molecule has 0 aromatic heterocycles. The van der Waals surface area contributed by atoms with E-state index in [0.717, 1.165) is 18.7 Å². The molecule has 0 aliphatic carbocycles. The second-order valence-corrected chi connectivity index (χ2v) is 5.23. The summed E-state index contributed by atoms with van der Waals surface area (Å²) in [5, 5.41) is 13.4. The highest BCUT2D eigenvalue weighted by Gasteiger charge is 2.23. The maximum absolute atomic E-state index is 9.94. The molecule has 2 rings (SSSR count). The molecule has 1 aromatic carbocycles. The van der Waals surface area contributed by atoms with E-state index in [1.807, 2.05) is 18.2 Å². The van der Waals surface area contributed by atoms with Gasteiger partial charge in [0.25, 0.3) is 0 Å². The molecule has 3 heteroatoms. The van der Waals surface area contributed by atoms with Gasteiger partial charge in [0.15, 0.2) is 0 Å². The van der Waals surface area contributed by atoms with Gasteiger partial charge in [-0.25, -0.2) is 0 Å². The van der Waals surface area contributed by atoms with Crippen molar-refractivity contribution in [2.24, 2.45) is 0 Å². The van der Waals surface area contributed by atoms with Crippen LogP contribution < -0.4 is 5.32 Å². The Morgan fingerprint density at radius 3 is 2.83 bits per heavy atom. The molecule has 2 N–H and O–H groups in total. The molecule has 1 fully saturated rings. The van der Waals surface area contributed by atoms with Crippen LogP contribution in [-0.2, 0) is 0 Å². The Bertz CT molecular complexity index is 373. The Kier molecular flexibility index (Phi) is 4.61. The fraction of sp³-hybridized carbons (Fsp3) is 0.600. The van der Waals surface area contributed by atoms with Gasteiger partial charge in [-0.3, -0.25) is 4.90 Å². The molecule has 1 aromatic rings. The fourth-order valence-corrected chi connectivity index (χ4v) is 2.78. The molecule has 0 amide bonds. The SMILES string of the molecule is CC(c1ccccc1O)N(C)C1CCCNCC1. The molecule has 1 saturated heterocycles. The predicted octanol–water partition coefficient (Wildman–Crippen LogP) is 2.53. The fourth-order valence-electron chi connectivity index (χ4n) is 2.78. The molecule has 0 saturated carbocycles. The predicted molar refractivity (Wildman–Crippen MR) is 74.8 cm³/mol. The largest absolute Gasteiger partial charge is 0.508 e. The maximum atomic E-state index is 9.94. The van der Waals surface area contributed by atoms with E-state index in [2.05, 4.69) is 24.2 Å². The molecule has 2 unspecified atom stereocenters. The van der Waals surface area contributed by atoms with E-state index >= 15 is 0 Å². The average Bonchev–Trinajstić information content (AvgIpc) is 2.66. The third-order valence-corrected chi connectivity index (χ3v) is 4.12. The number of rotatable bonds is 3. The number of hydrogen-bond donors (Lipinski definition) is 2. The summed E-state index contributed by atoms with van der Waals surface area (Å²) in [7, 11) is 2.17. The van der Waals surface area contributed by atoms with Gasteiger partial charge in [0.2, 0.25) is 0 Å². The van der Waals surface area contributed by atoms with Crippen LogP contribution in [0.4, 0.5) is 0 Å². The monoisotopic (exact) mass is 248 g/mol. The molecule has 1 aliphatic rings. The number of hydrogen-bond acceptors (Lipinski definition) is 3. The van der Waals surface area contributed by atoms with Crippen LogP contribution >= 0.6 is 0 Å². The van der Waals surface area contributed by atoms with Gasteiger partial charge in [0, 0.05) is 17.6 Å². The molecule has 2 atom stereocenters. The highest BCUT2D eigenvalue weighted by atomic mass is 16.3. The van der Waals surface area contributed by atoms with Gasteiger partial charge in [-0.1, -0.05) is 18.2 Å². The summed E-state index contributed by atoms with van der Waals surface area (Å²) >= 11 is 0. The van der Waals surface area contributed by atoms with Gasteiger partial charge in [0.05, 0.1) is 0 Å². The molecule has 0 bridgehead atoms. The van der Waals surface area contributed by atoms with Gasteiger partial charge in [-0.05, 0) is 52.4 Å². The van der Waals surface area contributed by atoms with Crippen LogP contribution in [0.2, 0.25) is 0 Å². The lowest BCUT2D eigenvalue weighted by atomic mass is 10.0. The number of aromatic hydroxyl groups is 1. The van der Waals surface area contributed by atoms with Gasteiger partial charge >= 0.3 is 0 Å². The number of nitrogens with zero attached hydrogens (tertiary/aromatic N) is 1. The summed E-state index contributed by atoms with van der Waals surface area (Å²) in [5.74, 6) is 0.406. The third-order valence-electron chi connectivity index (χ3n) is 4.12. The first kappa shape index (κ1) is 13.4. The molecular weight excluding hydrogens is 224 g/mol. The van der Waals surface area contributed by atoms with Gasteiger partial charge < -0.3 is 10.4 Å². The molecule has 100 valence electrons. The number of phenols is 1. The lowest BCUT2D eigenvalue weighted by molar-refractivity contribution is 0.169. The summed E-state index contributed by atoms with van der Waals surface area (Å²) in [6.07, 6.45) is 3.67. The minimum Gasteiger partial charge on any atom is -0.508 e. The van der Waals surface area contributed by atoms with Crippen LogP contribution in [0.1, 0.15) is 37.8 Å². The van der Waals surface area contributed by atoms with Crippen molar-refractivity contribution in [3.05, 3.63) is 29.8 Å². The summed E-state index contributed by atoms with van der Waals surface area (Å²) in [5.41, 5.74) is 1.03. The summed E-state index contributed by atoms with van der Waals surface area (Å²) in [6, 6.07) is 8.53. The van der Waals surface area contributed by atoms with Crippen molar-refractivity contribution in [3.8, 4) is 5.75 Å². The van der Waals surface area contributed by atoms with Crippen molar-refractivity contribution in [2.75, 3.05) is 20.1 Å². The van der Waals surface area contributed by atoms with Crippen molar-refractivity contribution in [1.82, 2.24) is 10.2 Å². The molecule has 0 spiro atoms. The number of phenolic OH excluding ortho intramolecular Hbond substituents is 1. The van der Waals surface area contributed by atoms with E-state index in [-0.39, 0.29) is 6.04 Å². The van der Waals surface area contributed by atoms with Gasteiger partial charge in [-0.15, -0.1) is 0 Å². The summed E-state index contributed by atoms with van der Waals surface area (Å²) in [6.45, 7) is 4.41. The molecule has 1 aliphatic heterocycles. The average molecular weight is 248 g/mol. The van der Waals surface area contributed by atoms with E-state index in [0.29, 0.717) is 11.8 Å². The van der Waals surface area contributed by atoms with E-state index in [4.69, 9.17) is 0 Å². The van der Waals surface area contributed by atoms with Crippen LogP contribution in [0.25, 0.3) is 0 Å². The first-order valence-electron chi connectivity index (χ1n) is 6.90. The van der Waals surface area contributed by atoms with Crippen molar-refractivity contribution >= 4 is 0 Å². The van der Waals surface area contributed by atoms with Crippen molar-refractivity contribution in [2.45, 2.75) is 38.3 Å². The highest BCUT2D eigenvalue weighted by molar-refractivity contribution is 5.34. The number of benzene rings is 1. The zero-order chi connectivity index (χ0) is 13.0. The molecule has 0 radical (unpaired) electrons. The minimum absolute atomic E-state index is 0.259. The first-order chi connectivity index (χ1) is 8.70. The zero-order valence-corrected chi connectivity index (χ0v) is 11.4. The topological polar surface area (TPSA) is 35.5 Å². The van der Waals surface area contributed by atoms with Crippen molar-refractivity contribution in [1.29, 1.82) is 0 Å². The third kappa shape index (κ3) is 3.03. The van der Waals surface area contributed by atoms with E-state index in [9.17, 15) is 5.11 Å². The lowest BCUT2D eigenvalue weighted by Crippen LogP contribution is -2.34. The number of nitrogens with one attached hydrogen (secondary N) is 1. The van der Waals surface area contributed by atoms with Crippen LogP contribution in [0.3, 0.4) is 0 Å². The summed E-state index contributed by atoms with van der Waals surface area (Å²) in [4.78, 5) is 2.40. The Morgan fingerprint density at radius 1 is 1.28 bits per heavy atom.